The number of carbonyl (C=O) groups excluding carboxylic acids is 2. The van der Waals surface area contributed by atoms with Gasteiger partial charge in [0, 0.05) is 18.3 Å². The molecule has 1 aromatic carbocycles. The van der Waals surface area contributed by atoms with Crippen molar-refractivity contribution in [2.24, 2.45) is 5.92 Å². The zero-order chi connectivity index (χ0) is 11.7. The molecule has 0 aliphatic carbocycles. The van der Waals surface area contributed by atoms with Crippen LogP contribution in [0.2, 0.25) is 0 Å². The first kappa shape index (κ1) is 10.8. The lowest BCUT2D eigenvalue weighted by Crippen LogP contribution is -2.43. The first-order valence-electron chi connectivity index (χ1n) is 5.17. The molecule has 1 aliphatic heterocycles. The second-order valence-electron chi connectivity index (χ2n) is 4.07. The molecule has 1 fully saturated rings. The highest BCUT2D eigenvalue weighted by Crippen LogP contribution is 2.31. The third kappa shape index (κ3) is 1.96. The SMILES string of the molecule is CC1C(=O)NC(=O)CC1c1cccc(F)c1. The number of benzene rings is 1. The van der Waals surface area contributed by atoms with Gasteiger partial charge in [-0.15, -0.1) is 0 Å². The maximum atomic E-state index is 13.1. The van der Waals surface area contributed by atoms with Crippen LogP contribution in [0, 0.1) is 11.7 Å². The Morgan fingerprint density at radius 3 is 2.81 bits per heavy atom. The maximum Gasteiger partial charge on any atom is 0.230 e. The summed E-state index contributed by atoms with van der Waals surface area (Å²) in [7, 11) is 0. The summed E-state index contributed by atoms with van der Waals surface area (Å²) in [6, 6.07) is 6.07. The van der Waals surface area contributed by atoms with E-state index in [-0.39, 0.29) is 35.9 Å². The van der Waals surface area contributed by atoms with E-state index >= 15 is 0 Å². The van der Waals surface area contributed by atoms with E-state index < -0.39 is 0 Å². The van der Waals surface area contributed by atoms with Gasteiger partial charge in [-0.2, -0.15) is 0 Å². The molecule has 2 atom stereocenters. The first-order valence-corrected chi connectivity index (χ1v) is 5.17. The fourth-order valence-electron chi connectivity index (χ4n) is 2.01. The Kier molecular flexibility index (Phi) is 2.73. The highest BCUT2D eigenvalue weighted by molar-refractivity contribution is 5.99. The van der Waals surface area contributed by atoms with Crippen LogP contribution in [0.25, 0.3) is 0 Å². The zero-order valence-corrected chi connectivity index (χ0v) is 8.87. The molecule has 2 unspecified atom stereocenters. The normalized spacial score (nSPS) is 25.4. The Balaban J connectivity index is 2.32. The first-order chi connectivity index (χ1) is 7.58. The van der Waals surface area contributed by atoms with Gasteiger partial charge < -0.3 is 0 Å². The number of hydrogen-bond donors (Lipinski definition) is 1. The van der Waals surface area contributed by atoms with Crippen LogP contribution in [0.4, 0.5) is 4.39 Å². The predicted octanol–water partition coefficient (Wildman–Crippen LogP) is 1.59. The third-order valence-corrected chi connectivity index (χ3v) is 2.96. The molecular weight excluding hydrogens is 209 g/mol. The summed E-state index contributed by atoms with van der Waals surface area (Å²) in [5.74, 6) is -1.46. The minimum Gasteiger partial charge on any atom is -0.296 e. The van der Waals surface area contributed by atoms with Crippen molar-refractivity contribution in [2.75, 3.05) is 0 Å². The molecule has 2 rings (SSSR count). The van der Waals surface area contributed by atoms with Crippen molar-refractivity contribution in [1.82, 2.24) is 5.32 Å². The van der Waals surface area contributed by atoms with Crippen LogP contribution in [0.5, 0.6) is 0 Å². The van der Waals surface area contributed by atoms with Gasteiger partial charge in [-0.25, -0.2) is 4.39 Å². The minimum atomic E-state index is -0.344. The number of hydrogen-bond acceptors (Lipinski definition) is 2. The number of halogens is 1. The van der Waals surface area contributed by atoms with Gasteiger partial charge in [0.2, 0.25) is 11.8 Å². The summed E-state index contributed by atoms with van der Waals surface area (Å²) in [4.78, 5) is 22.7. The van der Waals surface area contributed by atoms with Gasteiger partial charge in [-0.1, -0.05) is 19.1 Å². The summed E-state index contributed by atoms with van der Waals surface area (Å²) in [6.45, 7) is 1.75. The lowest BCUT2D eigenvalue weighted by atomic mass is 9.81. The largest absolute Gasteiger partial charge is 0.296 e. The smallest absolute Gasteiger partial charge is 0.230 e. The molecule has 1 aromatic rings. The molecule has 0 bridgehead atoms. The van der Waals surface area contributed by atoms with Crippen molar-refractivity contribution in [2.45, 2.75) is 19.3 Å². The number of rotatable bonds is 1. The van der Waals surface area contributed by atoms with Crippen molar-refractivity contribution < 1.29 is 14.0 Å². The van der Waals surface area contributed by atoms with Gasteiger partial charge in [0.25, 0.3) is 0 Å². The molecule has 3 nitrogen and oxygen atoms in total. The quantitative estimate of drug-likeness (QED) is 0.732. The van der Waals surface area contributed by atoms with Crippen LogP contribution in [0.3, 0.4) is 0 Å². The van der Waals surface area contributed by atoms with E-state index in [1.165, 1.54) is 12.1 Å². The van der Waals surface area contributed by atoms with E-state index in [9.17, 15) is 14.0 Å². The van der Waals surface area contributed by atoms with Crippen LogP contribution in [0.1, 0.15) is 24.8 Å². The van der Waals surface area contributed by atoms with Crippen molar-refractivity contribution in [3.63, 3.8) is 0 Å². The Labute approximate surface area is 92.7 Å². The number of nitrogens with one attached hydrogen (secondary N) is 1. The molecule has 0 saturated carbocycles. The molecule has 84 valence electrons. The average Bonchev–Trinajstić information content (AvgIpc) is 2.23. The number of piperidine rings is 1. The number of amides is 2. The van der Waals surface area contributed by atoms with E-state index in [2.05, 4.69) is 5.32 Å². The molecule has 1 aliphatic rings. The third-order valence-electron chi connectivity index (χ3n) is 2.96. The van der Waals surface area contributed by atoms with Crippen LogP contribution in [0.15, 0.2) is 24.3 Å². The summed E-state index contributed by atoms with van der Waals surface area (Å²) in [5.41, 5.74) is 0.704. The van der Waals surface area contributed by atoms with Crippen molar-refractivity contribution in [3.05, 3.63) is 35.6 Å². The minimum absolute atomic E-state index is 0.225. The molecule has 4 heteroatoms. The molecule has 0 radical (unpaired) electrons. The summed E-state index contributed by atoms with van der Waals surface area (Å²) >= 11 is 0. The molecule has 1 N–H and O–H groups in total. The van der Waals surface area contributed by atoms with Gasteiger partial charge in [-0.3, -0.25) is 14.9 Å². The topological polar surface area (TPSA) is 46.2 Å². The van der Waals surface area contributed by atoms with Crippen LogP contribution in [-0.2, 0) is 9.59 Å². The summed E-state index contributed by atoms with van der Waals surface area (Å²) in [5, 5.41) is 2.27. The highest BCUT2D eigenvalue weighted by Gasteiger charge is 2.33. The second kappa shape index (κ2) is 4.04. The standard InChI is InChI=1S/C12H12FNO2/c1-7-10(6-11(15)14-12(7)16)8-3-2-4-9(13)5-8/h2-5,7,10H,6H2,1H3,(H,14,15,16). The molecule has 1 saturated heterocycles. The van der Waals surface area contributed by atoms with Gasteiger partial charge in [0.05, 0.1) is 0 Å². The van der Waals surface area contributed by atoms with Crippen molar-refractivity contribution >= 4 is 11.8 Å². The van der Waals surface area contributed by atoms with Gasteiger partial charge in [0.15, 0.2) is 0 Å². The zero-order valence-electron chi connectivity index (χ0n) is 8.87. The second-order valence-corrected chi connectivity index (χ2v) is 4.07. The summed E-state index contributed by atoms with van der Waals surface area (Å²) in [6.07, 6.45) is 0.232. The average molecular weight is 221 g/mol. The van der Waals surface area contributed by atoms with Crippen LogP contribution >= 0.6 is 0 Å². The highest BCUT2D eigenvalue weighted by atomic mass is 19.1. The van der Waals surface area contributed by atoms with Crippen LogP contribution in [-0.4, -0.2) is 11.8 Å². The van der Waals surface area contributed by atoms with E-state index in [0.29, 0.717) is 5.56 Å². The molecule has 1 heterocycles. The summed E-state index contributed by atoms with van der Waals surface area (Å²) < 4.78 is 13.1. The maximum absolute atomic E-state index is 13.1. The van der Waals surface area contributed by atoms with E-state index in [0.717, 1.165) is 0 Å². The Bertz CT molecular complexity index is 444. The Hall–Kier alpha value is -1.71. The Morgan fingerprint density at radius 1 is 1.38 bits per heavy atom. The number of carbonyl (C=O) groups is 2. The van der Waals surface area contributed by atoms with Crippen molar-refractivity contribution in [1.29, 1.82) is 0 Å². The molecule has 0 aromatic heterocycles. The van der Waals surface area contributed by atoms with Crippen molar-refractivity contribution in [3.8, 4) is 0 Å². The number of imide groups is 1. The van der Waals surface area contributed by atoms with E-state index in [1.807, 2.05) is 0 Å². The predicted molar refractivity (Wildman–Crippen MR) is 56.1 cm³/mol. The van der Waals surface area contributed by atoms with E-state index in [1.54, 1.807) is 19.1 Å². The molecule has 0 spiro atoms. The lowest BCUT2D eigenvalue weighted by molar-refractivity contribution is -0.136. The fraction of sp³-hybridized carbons (Fsp3) is 0.333. The lowest BCUT2D eigenvalue weighted by Gasteiger charge is -2.27. The fourth-order valence-corrected chi connectivity index (χ4v) is 2.01. The van der Waals surface area contributed by atoms with Crippen LogP contribution < -0.4 is 5.32 Å². The molecule has 16 heavy (non-hydrogen) atoms. The van der Waals surface area contributed by atoms with Gasteiger partial charge in [0.1, 0.15) is 5.82 Å². The Morgan fingerprint density at radius 2 is 2.12 bits per heavy atom. The van der Waals surface area contributed by atoms with Gasteiger partial charge in [-0.05, 0) is 17.7 Å². The monoisotopic (exact) mass is 221 g/mol. The van der Waals surface area contributed by atoms with E-state index in [4.69, 9.17) is 0 Å². The molecule has 2 amide bonds. The van der Waals surface area contributed by atoms with Gasteiger partial charge >= 0.3 is 0 Å². The molecular formula is C12H12FNO2.